The van der Waals surface area contributed by atoms with Crippen LogP contribution >= 0.6 is 0 Å². The number of anilines is 2. The summed E-state index contributed by atoms with van der Waals surface area (Å²) in [5.74, 6) is 1.07. The van der Waals surface area contributed by atoms with Gasteiger partial charge in [0, 0.05) is 19.8 Å². The molecule has 2 rings (SSSR count). The van der Waals surface area contributed by atoms with Crippen molar-refractivity contribution in [2.24, 2.45) is 0 Å². The number of nitrogens with one attached hydrogen (secondary N) is 2. The smallest absolute Gasteiger partial charge is 0.224 e. The molecule has 1 aromatic heterocycles. The summed E-state index contributed by atoms with van der Waals surface area (Å²) in [6.07, 6.45) is 1.61. The molecule has 7 heteroatoms. The molecule has 0 aliphatic heterocycles. The number of benzene rings is 1. The van der Waals surface area contributed by atoms with E-state index in [1.54, 1.807) is 43.6 Å². The van der Waals surface area contributed by atoms with Gasteiger partial charge in [-0.15, -0.1) is 0 Å². The highest BCUT2D eigenvalue weighted by Gasteiger charge is 2.13. The van der Waals surface area contributed by atoms with Gasteiger partial charge in [0.25, 0.3) is 0 Å². The van der Waals surface area contributed by atoms with Crippen LogP contribution in [0, 0.1) is 6.92 Å². The van der Waals surface area contributed by atoms with Gasteiger partial charge in [0.15, 0.2) is 9.84 Å². The lowest BCUT2D eigenvalue weighted by atomic mass is 10.2. The molecule has 0 aliphatic carbocycles. The zero-order valence-corrected chi connectivity index (χ0v) is 12.8. The lowest BCUT2D eigenvalue weighted by Gasteiger charge is -2.07. The summed E-state index contributed by atoms with van der Waals surface area (Å²) in [6.45, 7) is 2.17. The predicted molar refractivity (Wildman–Crippen MR) is 83.3 cm³/mol. The van der Waals surface area contributed by atoms with Crippen molar-refractivity contribution in [3.63, 3.8) is 0 Å². The second-order valence-corrected chi connectivity index (χ2v) is 6.68. The topological polar surface area (TPSA) is 84.0 Å². The summed E-state index contributed by atoms with van der Waals surface area (Å²) in [6, 6.07) is 8.57. The zero-order valence-electron chi connectivity index (χ0n) is 12.0. The molecular formula is C14H18N4O2S. The molecule has 0 bridgehead atoms. The van der Waals surface area contributed by atoms with Gasteiger partial charge in [0.2, 0.25) is 5.95 Å². The molecule has 0 amide bonds. The van der Waals surface area contributed by atoms with Crippen LogP contribution in [0.5, 0.6) is 0 Å². The molecule has 0 spiro atoms. The molecule has 2 aromatic rings. The molecule has 0 radical (unpaired) electrons. The van der Waals surface area contributed by atoms with Crippen molar-refractivity contribution in [1.82, 2.24) is 9.97 Å². The largest absolute Gasteiger partial charge is 0.373 e. The number of nitrogens with zero attached hydrogens (tertiary/aromatic N) is 2. The number of aromatic nitrogens is 2. The third kappa shape index (κ3) is 4.16. The Labute approximate surface area is 124 Å². The van der Waals surface area contributed by atoms with E-state index in [1.807, 2.05) is 6.92 Å². The number of hydrogen-bond acceptors (Lipinski definition) is 6. The molecule has 112 valence electrons. The predicted octanol–water partition coefficient (Wildman–Crippen LogP) is 1.71. The Morgan fingerprint density at radius 3 is 2.52 bits per heavy atom. The first-order valence-corrected chi connectivity index (χ1v) is 8.20. The van der Waals surface area contributed by atoms with Crippen LogP contribution in [0.2, 0.25) is 0 Å². The van der Waals surface area contributed by atoms with Crippen molar-refractivity contribution >= 4 is 21.6 Å². The van der Waals surface area contributed by atoms with E-state index in [4.69, 9.17) is 0 Å². The molecule has 21 heavy (non-hydrogen) atoms. The van der Waals surface area contributed by atoms with Crippen molar-refractivity contribution in [3.8, 4) is 0 Å². The summed E-state index contributed by atoms with van der Waals surface area (Å²) < 4.78 is 24.3. The molecule has 0 fully saturated rings. The fourth-order valence-electron chi connectivity index (χ4n) is 1.74. The summed E-state index contributed by atoms with van der Waals surface area (Å²) >= 11 is 0. The average molecular weight is 306 g/mol. The van der Waals surface area contributed by atoms with Crippen molar-refractivity contribution < 1.29 is 8.42 Å². The van der Waals surface area contributed by atoms with Gasteiger partial charge in [0.05, 0.1) is 10.6 Å². The number of hydrogen-bond donors (Lipinski definition) is 2. The molecule has 1 aromatic carbocycles. The van der Waals surface area contributed by atoms with Crippen molar-refractivity contribution in [1.29, 1.82) is 0 Å². The van der Waals surface area contributed by atoms with Crippen LogP contribution < -0.4 is 10.6 Å². The first-order chi connectivity index (χ1) is 10.0. The second-order valence-electron chi connectivity index (χ2n) is 4.57. The van der Waals surface area contributed by atoms with Gasteiger partial charge in [-0.1, -0.05) is 17.7 Å². The molecule has 0 saturated carbocycles. The van der Waals surface area contributed by atoms with Crippen LogP contribution in [0.3, 0.4) is 0 Å². The highest BCUT2D eigenvalue weighted by molar-refractivity contribution is 7.91. The molecular weight excluding hydrogens is 288 g/mol. The van der Waals surface area contributed by atoms with Crippen LogP contribution in [0.15, 0.2) is 41.4 Å². The standard InChI is InChI=1S/C14H18N4O2S/c1-11-3-5-12(6-4-11)21(19,20)10-9-17-14-16-8-7-13(15-2)18-14/h3-8H,9-10H2,1-2H3,(H2,15,16,17,18). The van der Waals surface area contributed by atoms with Crippen LogP contribution in [-0.2, 0) is 9.84 Å². The molecule has 6 nitrogen and oxygen atoms in total. The Morgan fingerprint density at radius 1 is 1.14 bits per heavy atom. The van der Waals surface area contributed by atoms with E-state index >= 15 is 0 Å². The lowest BCUT2D eigenvalue weighted by Crippen LogP contribution is -2.17. The number of aryl methyl sites for hydroxylation is 1. The van der Waals surface area contributed by atoms with Crippen LogP contribution in [0.1, 0.15) is 5.56 Å². The Kier molecular flexibility index (Phi) is 4.74. The first-order valence-electron chi connectivity index (χ1n) is 6.55. The van der Waals surface area contributed by atoms with Gasteiger partial charge in [-0.25, -0.2) is 13.4 Å². The molecule has 0 aliphatic rings. The Balaban J connectivity index is 1.97. The third-order valence-electron chi connectivity index (χ3n) is 2.95. The fraction of sp³-hybridized carbons (Fsp3) is 0.286. The zero-order chi connectivity index (χ0) is 15.3. The molecule has 1 heterocycles. The van der Waals surface area contributed by atoms with Gasteiger partial charge in [-0.3, -0.25) is 0 Å². The molecule has 0 unspecified atom stereocenters. The van der Waals surface area contributed by atoms with Crippen LogP contribution in [-0.4, -0.2) is 37.7 Å². The minimum absolute atomic E-state index is 0.0107. The van der Waals surface area contributed by atoms with E-state index in [9.17, 15) is 8.42 Å². The third-order valence-corrected chi connectivity index (χ3v) is 4.68. The molecule has 0 saturated heterocycles. The van der Waals surface area contributed by atoms with Crippen molar-refractivity contribution in [2.45, 2.75) is 11.8 Å². The summed E-state index contributed by atoms with van der Waals surface area (Å²) in [4.78, 5) is 8.53. The van der Waals surface area contributed by atoms with Gasteiger partial charge in [-0.2, -0.15) is 4.98 Å². The van der Waals surface area contributed by atoms with Gasteiger partial charge in [-0.05, 0) is 25.1 Å². The van der Waals surface area contributed by atoms with E-state index in [1.165, 1.54) is 0 Å². The van der Waals surface area contributed by atoms with Crippen molar-refractivity contribution in [3.05, 3.63) is 42.1 Å². The van der Waals surface area contributed by atoms with Gasteiger partial charge >= 0.3 is 0 Å². The van der Waals surface area contributed by atoms with Crippen LogP contribution in [0.4, 0.5) is 11.8 Å². The van der Waals surface area contributed by atoms with E-state index < -0.39 is 9.84 Å². The summed E-state index contributed by atoms with van der Waals surface area (Å²) in [7, 11) is -1.54. The average Bonchev–Trinajstić information content (AvgIpc) is 2.48. The first kappa shape index (κ1) is 15.2. The highest BCUT2D eigenvalue weighted by atomic mass is 32.2. The fourth-order valence-corrected chi connectivity index (χ4v) is 2.90. The lowest BCUT2D eigenvalue weighted by molar-refractivity contribution is 0.596. The van der Waals surface area contributed by atoms with Crippen LogP contribution in [0.25, 0.3) is 0 Å². The Bertz CT molecular complexity index is 699. The highest BCUT2D eigenvalue weighted by Crippen LogP contribution is 2.12. The maximum Gasteiger partial charge on any atom is 0.224 e. The minimum Gasteiger partial charge on any atom is -0.373 e. The van der Waals surface area contributed by atoms with E-state index in [0.29, 0.717) is 16.7 Å². The normalized spacial score (nSPS) is 11.1. The minimum atomic E-state index is -3.30. The number of sulfone groups is 1. The van der Waals surface area contributed by atoms with Gasteiger partial charge < -0.3 is 10.6 Å². The summed E-state index contributed by atoms with van der Waals surface area (Å²) in [5, 5.41) is 5.81. The Morgan fingerprint density at radius 2 is 1.86 bits per heavy atom. The number of rotatable bonds is 6. The molecule has 2 N–H and O–H groups in total. The maximum absolute atomic E-state index is 12.2. The summed E-state index contributed by atoms with van der Waals surface area (Å²) in [5.41, 5.74) is 1.03. The SMILES string of the molecule is CNc1ccnc(NCCS(=O)(=O)c2ccc(C)cc2)n1. The quantitative estimate of drug-likeness (QED) is 0.845. The monoisotopic (exact) mass is 306 g/mol. The molecule has 0 atom stereocenters. The second kappa shape index (κ2) is 6.53. The van der Waals surface area contributed by atoms with Gasteiger partial charge in [0.1, 0.15) is 5.82 Å². The van der Waals surface area contributed by atoms with E-state index in [0.717, 1.165) is 5.56 Å². The maximum atomic E-state index is 12.2. The van der Waals surface area contributed by atoms with Crippen molar-refractivity contribution in [2.75, 3.05) is 30.0 Å². The Hall–Kier alpha value is -2.15. The van der Waals surface area contributed by atoms with E-state index in [-0.39, 0.29) is 12.3 Å². The van der Waals surface area contributed by atoms with E-state index in [2.05, 4.69) is 20.6 Å².